The molecular weight excluding hydrogens is 246 g/mol. The summed E-state index contributed by atoms with van der Waals surface area (Å²) in [5, 5.41) is 3.62. The van der Waals surface area contributed by atoms with Gasteiger partial charge in [-0.15, -0.1) is 0 Å². The molecule has 2 atom stereocenters. The fraction of sp³-hybridized carbons (Fsp3) is 0.667. The molecule has 0 fully saturated rings. The van der Waals surface area contributed by atoms with Gasteiger partial charge >= 0.3 is 0 Å². The van der Waals surface area contributed by atoms with E-state index in [-0.39, 0.29) is 6.10 Å². The third-order valence-corrected chi connectivity index (χ3v) is 3.67. The number of likely N-dealkylation sites (N-methyl/N-ethyl adjacent to an activating group) is 1. The molecule has 0 saturated heterocycles. The molecule has 1 rings (SSSR count). The molecule has 2 heteroatoms. The summed E-state index contributed by atoms with van der Waals surface area (Å²) in [5.74, 6) is 0. The number of hydrogen-bond acceptors (Lipinski definition) is 2. The van der Waals surface area contributed by atoms with Crippen LogP contribution in [0.15, 0.2) is 30.3 Å². The number of unbranched alkanes of at least 4 members (excludes halogenated alkanes) is 3. The Labute approximate surface area is 124 Å². The molecule has 0 saturated carbocycles. The van der Waals surface area contributed by atoms with Crippen molar-refractivity contribution in [1.82, 2.24) is 5.32 Å². The zero-order valence-corrected chi connectivity index (χ0v) is 13.4. The summed E-state index contributed by atoms with van der Waals surface area (Å²) in [6, 6.07) is 11.0. The van der Waals surface area contributed by atoms with E-state index in [1.807, 2.05) is 0 Å². The van der Waals surface area contributed by atoms with Gasteiger partial charge < -0.3 is 10.1 Å². The Kier molecular flexibility index (Phi) is 9.35. The molecule has 1 N–H and O–H groups in total. The second-order valence-corrected chi connectivity index (χ2v) is 5.30. The molecule has 0 aromatic heterocycles. The van der Waals surface area contributed by atoms with Gasteiger partial charge in [0.25, 0.3) is 0 Å². The van der Waals surface area contributed by atoms with Crippen LogP contribution in [-0.2, 0) is 4.74 Å². The molecule has 1 aromatic carbocycles. The van der Waals surface area contributed by atoms with Crippen LogP contribution >= 0.6 is 0 Å². The predicted molar refractivity (Wildman–Crippen MR) is 87.0 cm³/mol. The van der Waals surface area contributed by atoms with Crippen LogP contribution in [-0.4, -0.2) is 19.2 Å². The van der Waals surface area contributed by atoms with Crippen molar-refractivity contribution in [3.05, 3.63) is 35.9 Å². The van der Waals surface area contributed by atoms with Crippen molar-refractivity contribution in [2.24, 2.45) is 0 Å². The molecule has 0 aliphatic heterocycles. The van der Waals surface area contributed by atoms with Crippen LogP contribution in [0.25, 0.3) is 0 Å². The van der Waals surface area contributed by atoms with Gasteiger partial charge in [0.05, 0.1) is 6.10 Å². The number of ether oxygens (including phenoxy) is 1. The van der Waals surface area contributed by atoms with Crippen LogP contribution in [0.5, 0.6) is 0 Å². The highest BCUT2D eigenvalue weighted by Crippen LogP contribution is 2.24. The Morgan fingerprint density at radius 1 is 1.00 bits per heavy atom. The summed E-state index contributed by atoms with van der Waals surface area (Å²) in [7, 11) is 0. The molecule has 0 aliphatic carbocycles. The van der Waals surface area contributed by atoms with Crippen molar-refractivity contribution in [1.29, 1.82) is 0 Å². The van der Waals surface area contributed by atoms with Crippen molar-refractivity contribution < 1.29 is 4.74 Å². The first-order valence-electron chi connectivity index (χ1n) is 8.23. The molecule has 1 aromatic rings. The maximum Gasteiger partial charge on any atom is 0.0977 e. The van der Waals surface area contributed by atoms with Gasteiger partial charge in [-0.2, -0.15) is 0 Å². The van der Waals surface area contributed by atoms with Gasteiger partial charge in [0, 0.05) is 12.6 Å². The van der Waals surface area contributed by atoms with E-state index in [1.54, 1.807) is 0 Å². The summed E-state index contributed by atoms with van der Waals surface area (Å²) >= 11 is 0. The van der Waals surface area contributed by atoms with E-state index in [4.69, 9.17) is 4.74 Å². The summed E-state index contributed by atoms with van der Waals surface area (Å²) in [6.45, 7) is 8.27. The standard InChI is InChI=1S/C18H31NO/c1-4-7-8-12-15-17(19-5-2)18(20-6-3)16-13-10-9-11-14-16/h9-11,13-14,17-19H,4-8,12,15H2,1-3H3. The Balaban J connectivity index is 2.67. The lowest BCUT2D eigenvalue weighted by Gasteiger charge is -2.28. The van der Waals surface area contributed by atoms with Gasteiger partial charge in [0.2, 0.25) is 0 Å². The van der Waals surface area contributed by atoms with Crippen LogP contribution in [0.2, 0.25) is 0 Å². The van der Waals surface area contributed by atoms with E-state index in [0.29, 0.717) is 6.04 Å². The quantitative estimate of drug-likeness (QED) is 0.591. The van der Waals surface area contributed by atoms with Gasteiger partial charge in [0.1, 0.15) is 0 Å². The van der Waals surface area contributed by atoms with Gasteiger partial charge in [0.15, 0.2) is 0 Å². The van der Waals surface area contributed by atoms with E-state index in [0.717, 1.165) is 13.2 Å². The molecule has 0 bridgehead atoms. The highest BCUT2D eigenvalue weighted by molar-refractivity contribution is 5.19. The third-order valence-electron chi connectivity index (χ3n) is 3.67. The highest BCUT2D eigenvalue weighted by Gasteiger charge is 2.22. The van der Waals surface area contributed by atoms with Crippen LogP contribution in [0, 0.1) is 0 Å². The molecule has 0 amide bonds. The summed E-state index contributed by atoms with van der Waals surface area (Å²) < 4.78 is 6.04. The van der Waals surface area contributed by atoms with E-state index < -0.39 is 0 Å². The second-order valence-electron chi connectivity index (χ2n) is 5.30. The predicted octanol–water partition coefficient (Wildman–Crippen LogP) is 4.71. The summed E-state index contributed by atoms with van der Waals surface area (Å²) in [4.78, 5) is 0. The Morgan fingerprint density at radius 3 is 2.35 bits per heavy atom. The molecule has 0 aliphatic rings. The normalized spacial score (nSPS) is 14.2. The topological polar surface area (TPSA) is 21.3 Å². The van der Waals surface area contributed by atoms with Gasteiger partial charge in [-0.1, -0.05) is 69.9 Å². The van der Waals surface area contributed by atoms with E-state index >= 15 is 0 Å². The largest absolute Gasteiger partial charge is 0.372 e. The number of nitrogens with one attached hydrogen (secondary N) is 1. The molecule has 114 valence electrons. The van der Waals surface area contributed by atoms with Crippen molar-refractivity contribution in [2.45, 2.75) is 65.0 Å². The maximum absolute atomic E-state index is 6.04. The summed E-state index contributed by atoms with van der Waals surface area (Å²) in [5.41, 5.74) is 1.29. The Bertz CT molecular complexity index is 325. The number of rotatable bonds is 11. The van der Waals surface area contributed by atoms with E-state index in [1.165, 1.54) is 37.7 Å². The lowest BCUT2D eigenvalue weighted by atomic mass is 9.96. The molecule has 0 heterocycles. The van der Waals surface area contributed by atoms with Crippen LogP contribution < -0.4 is 5.32 Å². The van der Waals surface area contributed by atoms with Crippen LogP contribution in [0.3, 0.4) is 0 Å². The van der Waals surface area contributed by atoms with Gasteiger partial charge in [-0.25, -0.2) is 0 Å². The Hall–Kier alpha value is -0.860. The summed E-state index contributed by atoms with van der Waals surface area (Å²) in [6.07, 6.45) is 6.59. The lowest BCUT2D eigenvalue weighted by molar-refractivity contribution is 0.0306. The van der Waals surface area contributed by atoms with Crippen molar-refractivity contribution >= 4 is 0 Å². The average molecular weight is 277 g/mol. The minimum atomic E-state index is 0.169. The SMILES string of the molecule is CCCCCCC(NCC)C(OCC)c1ccccc1. The minimum Gasteiger partial charge on any atom is -0.372 e. The zero-order valence-electron chi connectivity index (χ0n) is 13.4. The van der Waals surface area contributed by atoms with Crippen LogP contribution in [0.4, 0.5) is 0 Å². The first kappa shape index (κ1) is 17.2. The number of benzene rings is 1. The van der Waals surface area contributed by atoms with E-state index in [9.17, 15) is 0 Å². The highest BCUT2D eigenvalue weighted by atomic mass is 16.5. The maximum atomic E-state index is 6.04. The van der Waals surface area contributed by atoms with E-state index in [2.05, 4.69) is 56.4 Å². The smallest absolute Gasteiger partial charge is 0.0977 e. The van der Waals surface area contributed by atoms with Crippen molar-refractivity contribution in [2.75, 3.05) is 13.2 Å². The fourth-order valence-corrected chi connectivity index (χ4v) is 2.68. The van der Waals surface area contributed by atoms with Gasteiger partial charge in [-0.3, -0.25) is 0 Å². The average Bonchev–Trinajstić information content (AvgIpc) is 2.49. The number of hydrogen-bond donors (Lipinski definition) is 1. The van der Waals surface area contributed by atoms with Crippen molar-refractivity contribution in [3.8, 4) is 0 Å². The zero-order chi connectivity index (χ0) is 14.6. The van der Waals surface area contributed by atoms with Crippen molar-refractivity contribution in [3.63, 3.8) is 0 Å². The molecule has 2 nitrogen and oxygen atoms in total. The molecular formula is C18H31NO. The minimum absolute atomic E-state index is 0.169. The van der Waals surface area contributed by atoms with Crippen LogP contribution in [0.1, 0.15) is 64.5 Å². The molecule has 0 radical (unpaired) electrons. The second kappa shape index (κ2) is 10.9. The fourth-order valence-electron chi connectivity index (χ4n) is 2.68. The monoisotopic (exact) mass is 277 g/mol. The Morgan fingerprint density at radius 2 is 1.75 bits per heavy atom. The molecule has 0 spiro atoms. The molecule has 20 heavy (non-hydrogen) atoms. The first-order valence-corrected chi connectivity index (χ1v) is 8.23. The lowest BCUT2D eigenvalue weighted by Crippen LogP contribution is -2.36. The molecule has 2 unspecified atom stereocenters. The first-order chi connectivity index (χ1) is 9.83. The third kappa shape index (κ3) is 6.06. The van der Waals surface area contributed by atoms with Gasteiger partial charge in [-0.05, 0) is 25.5 Å².